The van der Waals surface area contributed by atoms with Crippen LogP contribution in [-0.2, 0) is 6.54 Å². The van der Waals surface area contributed by atoms with Crippen LogP contribution in [0.4, 0.5) is 0 Å². The Morgan fingerprint density at radius 3 is 2.74 bits per heavy atom. The molecule has 27 heavy (non-hydrogen) atoms. The maximum absolute atomic E-state index is 6.13. The SMILES string of the molecule is CCCn1c(SC(C)c2nnc(-c3ccccc3)o2)nc2cc(Cl)ccc21. The number of halogens is 1. The molecule has 0 aliphatic rings. The summed E-state index contributed by atoms with van der Waals surface area (Å²) < 4.78 is 8.12. The monoisotopic (exact) mass is 398 g/mol. The Morgan fingerprint density at radius 1 is 1.15 bits per heavy atom. The van der Waals surface area contributed by atoms with Crippen LogP contribution >= 0.6 is 23.4 Å². The molecule has 2 aromatic heterocycles. The molecule has 2 aromatic carbocycles. The van der Waals surface area contributed by atoms with Crippen LogP contribution in [0, 0.1) is 0 Å². The summed E-state index contributed by atoms with van der Waals surface area (Å²) in [4.78, 5) is 4.77. The van der Waals surface area contributed by atoms with Crippen molar-refractivity contribution in [3.05, 3.63) is 59.4 Å². The van der Waals surface area contributed by atoms with Gasteiger partial charge in [0.2, 0.25) is 11.8 Å². The molecule has 4 rings (SSSR count). The molecule has 4 aromatic rings. The van der Waals surface area contributed by atoms with Crippen LogP contribution in [0.15, 0.2) is 58.1 Å². The summed E-state index contributed by atoms with van der Waals surface area (Å²) in [7, 11) is 0. The fourth-order valence-electron chi connectivity index (χ4n) is 2.92. The van der Waals surface area contributed by atoms with Crippen LogP contribution in [0.1, 0.15) is 31.4 Å². The van der Waals surface area contributed by atoms with Gasteiger partial charge in [0.05, 0.1) is 16.3 Å². The highest BCUT2D eigenvalue weighted by atomic mass is 35.5. The maximum Gasteiger partial charge on any atom is 0.247 e. The lowest BCUT2D eigenvalue weighted by molar-refractivity contribution is 0.508. The van der Waals surface area contributed by atoms with E-state index in [1.807, 2.05) is 48.5 Å². The van der Waals surface area contributed by atoms with Gasteiger partial charge >= 0.3 is 0 Å². The standard InChI is InChI=1S/C20H19ClN4OS/c1-3-11-25-17-10-9-15(21)12-16(17)22-20(25)27-13(2)18-23-24-19(26-18)14-7-5-4-6-8-14/h4-10,12-13H,3,11H2,1-2H3. The lowest BCUT2D eigenvalue weighted by Gasteiger charge is -2.09. The van der Waals surface area contributed by atoms with Crippen molar-refractivity contribution >= 4 is 34.4 Å². The van der Waals surface area contributed by atoms with Gasteiger partial charge in [-0.25, -0.2) is 4.98 Å². The summed E-state index contributed by atoms with van der Waals surface area (Å²) in [6.07, 6.45) is 1.02. The minimum absolute atomic E-state index is 0.0159. The van der Waals surface area contributed by atoms with Crippen molar-refractivity contribution in [2.45, 2.75) is 37.2 Å². The van der Waals surface area contributed by atoms with Gasteiger partial charge in [-0.1, -0.05) is 48.5 Å². The van der Waals surface area contributed by atoms with E-state index in [2.05, 4.69) is 28.6 Å². The molecule has 0 bridgehead atoms. The van der Waals surface area contributed by atoms with Gasteiger partial charge in [-0.2, -0.15) is 0 Å². The van der Waals surface area contributed by atoms with E-state index in [1.165, 1.54) is 0 Å². The smallest absolute Gasteiger partial charge is 0.247 e. The van der Waals surface area contributed by atoms with E-state index in [9.17, 15) is 0 Å². The van der Waals surface area contributed by atoms with Gasteiger partial charge in [0.1, 0.15) is 0 Å². The first-order valence-electron chi connectivity index (χ1n) is 8.87. The molecule has 2 heterocycles. The number of hydrogen-bond donors (Lipinski definition) is 0. The number of benzene rings is 2. The largest absolute Gasteiger partial charge is 0.419 e. The number of hydrogen-bond acceptors (Lipinski definition) is 5. The Labute approximate surface area is 166 Å². The Bertz CT molecular complexity index is 1060. The molecular weight excluding hydrogens is 380 g/mol. The maximum atomic E-state index is 6.13. The molecule has 1 atom stereocenters. The summed E-state index contributed by atoms with van der Waals surface area (Å²) in [5.41, 5.74) is 2.91. The molecule has 0 spiro atoms. The average molecular weight is 399 g/mol. The fraction of sp³-hybridized carbons (Fsp3) is 0.250. The highest BCUT2D eigenvalue weighted by Gasteiger charge is 2.20. The van der Waals surface area contributed by atoms with Gasteiger partial charge in [-0.15, -0.1) is 10.2 Å². The third-order valence-corrected chi connectivity index (χ3v) is 5.53. The predicted octanol–water partition coefficient (Wildman–Crippen LogP) is 6.00. The van der Waals surface area contributed by atoms with Crippen molar-refractivity contribution in [3.8, 4) is 11.5 Å². The lowest BCUT2D eigenvalue weighted by atomic mass is 10.2. The fourth-order valence-corrected chi connectivity index (χ4v) is 4.06. The minimum Gasteiger partial charge on any atom is -0.419 e. The third kappa shape index (κ3) is 3.73. The van der Waals surface area contributed by atoms with Crippen molar-refractivity contribution in [1.82, 2.24) is 19.7 Å². The van der Waals surface area contributed by atoms with Crippen molar-refractivity contribution in [3.63, 3.8) is 0 Å². The van der Waals surface area contributed by atoms with Gasteiger partial charge in [0, 0.05) is 17.1 Å². The van der Waals surface area contributed by atoms with Gasteiger partial charge in [-0.05, 0) is 43.7 Å². The number of aromatic nitrogens is 4. The Morgan fingerprint density at radius 2 is 1.96 bits per heavy atom. The van der Waals surface area contributed by atoms with E-state index in [1.54, 1.807) is 11.8 Å². The normalized spacial score (nSPS) is 12.6. The van der Waals surface area contributed by atoms with E-state index in [0.717, 1.165) is 34.7 Å². The molecule has 0 amide bonds. The number of thioether (sulfide) groups is 1. The summed E-state index contributed by atoms with van der Waals surface area (Å²) in [6.45, 7) is 5.10. The number of imidazole rings is 1. The summed E-state index contributed by atoms with van der Waals surface area (Å²) in [6, 6.07) is 15.6. The van der Waals surface area contributed by atoms with Crippen molar-refractivity contribution < 1.29 is 4.42 Å². The second-order valence-electron chi connectivity index (χ2n) is 6.25. The van der Waals surface area contributed by atoms with E-state index < -0.39 is 0 Å². The molecule has 0 saturated carbocycles. The van der Waals surface area contributed by atoms with Gasteiger partial charge < -0.3 is 8.98 Å². The number of nitrogens with zero attached hydrogens (tertiary/aromatic N) is 4. The zero-order chi connectivity index (χ0) is 18.8. The van der Waals surface area contributed by atoms with Crippen LogP contribution in [0.2, 0.25) is 5.02 Å². The van der Waals surface area contributed by atoms with Crippen LogP contribution in [-0.4, -0.2) is 19.7 Å². The molecule has 0 saturated heterocycles. The molecule has 0 fully saturated rings. The summed E-state index contributed by atoms with van der Waals surface area (Å²) in [5.74, 6) is 1.12. The Hall–Kier alpha value is -2.31. The van der Waals surface area contributed by atoms with Crippen LogP contribution in [0.25, 0.3) is 22.5 Å². The Kier molecular flexibility index (Phi) is 5.18. The van der Waals surface area contributed by atoms with Crippen LogP contribution in [0.3, 0.4) is 0 Å². The second kappa shape index (κ2) is 7.74. The quantitative estimate of drug-likeness (QED) is 0.372. The molecule has 0 aliphatic carbocycles. The minimum atomic E-state index is -0.0159. The van der Waals surface area contributed by atoms with E-state index in [0.29, 0.717) is 16.8 Å². The predicted molar refractivity (Wildman–Crippen MR) is 109 cm³/mol. The molecule has 5 nitrogen and oxygen atoms in total. The van der Waals surface area contributed by atoms with E-state index in [4.69, 9.17) is 21.0 Å². The number of rotatable bonds is 6. The first kappa shape index (κ1) is 18.1. The number of fused-ring (bicyclic) bond motifs is 1. The van der Waals surface area contributed by atoms with Crippen molar-refractivity contribution in [1.29, 1.82) is 0 Å². The number of aryl methyl sites for hydroxylation is 1. The molecule has 0 N–H and O–H groups in total. The molecular formula is C20H19ClN4OS. The van der Waals surface area contributed by atoms with Crippen LogP contribution < -0.4 is 0 Å². The summed E-state index contributed by atoms with van der Waals surface area (Å²) >= 11 is 7.75. The molecule has 7 heteroatoms. The van der Waals surface area contributed by atoms with Crippen LogP contribution in [0.5, 0.6) is 0 Å². The highest BCUT2D eigenvalue weighted by molar-refractivity contribution is 7.99. The third-order valence-electron chi connectivity index (χ3n) is 4.21. The summed E-state index contributed by atoms with van der Waals surface area (Å²) in [5, 5.41) is 10.0. The zero-order valence-corrected chi connectivity index (χ0v) is 16.7. The molecule has 138 valence electrons. The second-order valence-corrected chi connectivity index (χ2v) is 8.00. The topological polar surface area (TPSA) is 56.7 Å². The molecule has 0 aliphatic heterocycles. The van der Waals surface area contributed by atoms with E-state index >= 15 is 0 Å². The van der Waals surface area contributed by atoms with Gasteiger partial charge in [0.25, 0.3) is 0 Å². The lowest BCUT2D eigenvalue weighted by Crippen LogP contribution is -2.00. The molecule has 1 unspecified atom stereocenters. The van der Waals surface area contributed by atoms with Crippen molar-refractivity contribution in [2.75, 3.05) is 0 Å². The first-order chi connectivity index (χ1) is 13.2. The van der Waals surface area contributed by atoms with E-state index in [-0.39, 0.29) is 5.25 Å². The highest BCUT2D eigenvalue weighted by Crippen LogP contribution is 2.36. The Balaban J connectivity index is 1.62. The average Bonchev–Trinajstić information content (AvgIpc) is 3.28. The molecule has 0 radical (unpaired) electrons. The van der Waals surface area contributed by atoms with Crippen molar-refractivity contribution in [2.24, 2.45) is 0 Å². The first-order valence-corrected chi connectivity index (χ1v) is 10.1. The zero-order valence-electron chi connectivity index (χ0n) is 15.1. The van der Waals surface area contributed by atoms with Gasteiger partial charge in [-0.3, -0.25) is 0 Å². The van der Waals surface area contributed by atoms with Gasteiger partial charge in [0.15, 0.2) is 5.16 Å².